The predicted molar refractivity (Wildman–Crippen MR) is 114 cm³/mol. The topological polar surface area (TPSA) is 27.7 Å². The van der Waals surface area contributed by atoms with E-state index in [2.05, 4.69) is 85.8 Å². The molecular weight excluding hydrogens is 339 g/mol. The van der Waals surface area contributed by atoms with Gasteiger partial charge in [-0.05, 0) is 69.7 Å². The molecule has 1 aliphatic rings. The zero-order chi connectivity index (χ0) is 19.8. The normalized spacial score (nSPS) is 19.8. The second-order valence-corrected chi connectivity index (χ2v) is 14.9. The van der Waals surface area contributed by atoms with Crippen LogP contribution < -0.4 is 5.46 Å². The van der Waals surface area contributed by atoms with E-state index < -0.39 is 8.32 Å². The number of hydrogen-bond acceptors (Lipinski definition) is 3. The van der Waals surface area contributed by atoms with Crippen molar-refractivity contribution >= 4 is 20.9 Å². The van der Waals surface area contributed by atoms with Crippen molar-refractivity contribution in [2.45, 2.75) is 90.6 Å². The van der Waals surface area contributed by atoms with Crippen LogP contribution in [0.1, 0.15) is 60.5 Å². The van der Waals surface area contributed by atoms with Crippen LogP contribution >= 0.6 is 0 Å². The van der Waals surface area contributed by atoms with Gasteiger partial charge in [-0.3, -0.25) is 0 Å². The number of hydrogen-bond donors (Lipinski definition) is 0. The molecule has 1 fully saturated rings. The Morgan fingerprint density at radius 1 is 1.04 bits per heavy atom. The molecule has 0 aliphatic carbocycles. The lowest BCUT2D eigenvalue weighted by molar-refractivity contribution is 0.00578. The Bertz CT molecular complexity index is 604. The standard InChI is InChI=1S/C21H37BO3Si/c1-19(2,3)26(8,9)23-15-11-13-17-12-10-14-18(16-17)22-24-20(4,5)21(6,7)25-22/h10,12,14,16H,11,13,15H2,1-9H3. The first-order valence-electron chi connectivity index (χ1n) is 9.84. The molecule has 0 N–H and O–H groups in total. The highest BCUT2D eigenvalue weighted by atomic mass is 28.4. The van der Waals surface area contributed by atoms with Crippen molar-refractivity contribution in [1.82, 2.24) is 0 Å². The van der Waals surface area contributed by atoms with Gasteiger partial charge in [0, 0.05) is 6.61 Å². The van der Waals surface area contributed by atoms with E-state index >= 15 is 0 Å². The summed E-state index contributed by atoms with van der Waals surface area (Å²) >= 11 is 0. The summed E-state index contributed by atoms with van der Waals surface area (Å²) in [5, 5.41) is 0.268. The van der Waals surface area contributed by atoms with Crippen LogP contribution in [0.3, 0.4) is 0 Å². The summed E-state index contributed by atoms with van der Waals surface area (Å²) in [7, 11) is -1.94. The molecule has 3 nitrogen and oxygen atoms in total. The first-order chi connectivity index (χ1) is 11.8. The first-order valence-corrected chi connectivity index (χ1v) is 12.7. The van der Waals surface area contributed by atoms with Crippen molar-refractivity contribution in [3.63, 3.8) is 0 Å². The Morgan fingerprint density at radius 3 is 2.15 bits per heavy atom. The molecule has 26 heavy (non-hydrogen) atoms. The van der Waals surface area contributed by atoms with Gasteiger partial charge in [0.1, 0.15) is 0 Å². The molecule has 1 saturated heterocycles. The van der Waals surface area contributed by atoms with Crippen LogP contribution in [0.25, 0.3) is 0 Å². The number of benzene rings is 1. The Morgan fingerprint density at radius 2 is 1.62 bits per heavy atom. The highest BCUT2D eigenvalue weighted by molar-refractivity contribution is 6.74. The van der Waals surface area contributed by atoms with Gasteiger partial charge in [-0.2, -0.15) is 0 Å². The van der Waals surface area contributed by atoms with Crippen LogP contribution in [0, 0.1) is 0 Å². The molecule has 1 aliphatic heterocycles. The predicted octanol–water partition coefficient (Wildman–Crippen LogP) is 4.94. The third-order valence-corrected chi connectivity index (χ3v) is 10.9. The van der Waals surface area contributed by atoms with Crippen molar-refractivity contribution < 1.29 is 13.7 Å². The fraction of sp³-hybridized carbons (Fsp3) is 0.714. The molecular formula is C21H37BO3Si. The minimum absolute atomic E-state index is 0.268. The van der Waals surface area contributed by atoms with Gasteiger partial charge in [-0.15, -0.1) is 0 Å². The molecule has 0 spiro atoms. The van der Waals surface area contributed by atoms with E-state index in [1.54, 1.807) is 0 Å². The van der Waals surface area contributed by atoms with E-state index in [-0.39, 0.29) is 23.4 Å². The number of rotatable bonds is 6. The van der Waals surface area contributed by atoms with Crippen LogP contribution in [0.5, 0.6) is 0 Å². The quantitative estimate of drug-likeness (QED) is 0.520. The highest BCUT2D eigenvalue weighted by Gasteiger charge is 2.51. The SMILES string of the molecule is CC1(C)OB(c2cccc(CCCO[Si](C)(C)C(C)(C)C)c2)OC1(C)C. The summed E-state index contributed by atoms with van der Waals surface area (Å²) in [6, 6.07) is 8.59. The van der Waals surface area contributed by atoms with E-state index in [0.717, 1.165) is 24.9 Å². The van der Waals surface area contributed by atoms with Gasteiger partial charge in [0.15, 0.2) is 8.32 Å². The van der Waals surface area contributed by atoms with Gasteiger partial charge in [-0.1, -0.05) is 45.0 Å². The summed E-state index contributed by atoms with van der Waals surface area (Å²) in [6.45, 7) is 20.7. The monoisotopic (exact) mass is 376 g/mol. The van der Waals surface area contributed by atoms with Gasteiger partial charge >= 0.3 is 7.12 Å². The van der Waals surface area contributed by atoms with E-state index in [0.29, 0.717) is 0 Å². The maximum absolute atomic E-state index is 6.29. The summed E-state index contributed by atoms with van der Waals surface area (Å²) < 4.78 is 18.6. The molecule has 0 saturated carbocycles. The molecule has 2 rings (SSSR count). The van der Waals surface area contributed by atoms with Crippen LogP contribution in [0.4, 0.5) is 0 Å². The largest absolute Gasteiger partial charge is 0.494 e. The van der Waals surface area contributed by atoms with Gasteiger partial charge < -0.3 is 13.7 Å². The molecule has 1 heterocycles. The zero-order valence-corrected chi connectivity index (χ0v) is 19.2. The average Bonchev–Trinajstić information content (AvgIpc) is 2.71. The molecule has 5 heteroatoms. The second-order valence-electron chi connectivity index (χ2n) is 10.0. The molecule has 0 radical (unpaired) electrons. The first kappa shape index (κ1) is 21.7. The summed E-state index contributed by atoms with van der Waals surface area (Å²) in [6.07, 6.45) is 2.06. The Hall–Kier alpha value is -0.618. The lowest BCUT2D eigenvalue weighted by Crippen LogP contribution is -2.41. The fourth-order valence-corrected chi connectivity index (χ4v) is 3.78. The lowest BCUT2D eigenvalue weighted by Gasteiger charge is -2.36. The van der Waals surface area contributed by atoms with Crippen molar-refractivity contribution in [3.8, 4) is 0 Å². The van der Waals surface area contributed by atoms with Gasteiger partial charge in [0.25, 0.3) is 0 Å². The van der Waals surface area contributed by atoms with Crippen molar-refractivity contribution in [1.29, 1.82) is 0 Å². The molecule has 1 aromatic rings. The zero-order valence-electron chi connectivity index (χ0n) is 18.2. The minimum atomic E-state index is -1.65. The summed E-state index contributed by atoms with van der Waals surface area (Å²) in [5.41, 5.74) is 1.82. The molecule has 146 valence electrons. The molecule has 0 amide bonds. The average molecular weight is 376 g/mol. The van der Waals surface area contributed by atoms with E-state index in [1.807, 2.05) is 0 Å². The van der Waals surface area contributed by atoms with Gasteiger partial charge in [-0.25, -0.2) is 0 Å². The van der Waals surface area contributed by atoms with Crippen molar-refractivity contribution in [3.05, 3.63) is 29.8 Å². The molecule has 0 aromatic heterocycles. The second kappa shape index (κ2) is 7.42. The maximum atomic E-state index is 6.29. The maximum Gasteiger partial charge on any atom is 0.494 e. The third kappa shape index (κ3) is 4.80. The Labute approximate surface area is 162 Å². The van der Waals surface area contributed by atoms with Crippen LogP contribution in [-0.4, -0.2) is 33.2 Å². The Kier molecular flexibility index (Phi) is 6.19. The fourth-order valence-electron chi connectivity index (χ4n) is 2.69. The van der Waals surface area contributed by atoms with E-state index in [1.165, 1.54) is 5.56 Å². The lowest BCUT2D eigenvalue weighted by atomic mass is 9.78. The van der Waals surface area contributed by atoms with Crippen molar-refractivity contribution in [2.75, 3.05) is 6.61 Å². The van der Waals surface area contributed by atoms with E-state index in [9.17, 15) is 0 Å². The van der Waals surface area contributed by atoms with Gasteiger partial charge in [0.2, 0.25) is 0 Å². The molecule has 0 bridgehead atoms. The van der Waals surface area contributed by atoms with Crippen molar-refractivity contribution in [2.24, 2.45) is 0 Å². The highest BCUT2D eigenvalue weighted by Crippen LogP contribution is 2.37. The van der Waals surface area contributed by atoms with Crippen LogP contribution in [0.15, 0.2) is 24.3 Å². The third-order valence-electron chi connectivity index (χ3n) is 6.36. The van der Waals surface area contributed by atoms with E-state index in [4.69, 9.17) is 13.7 Å². The number of aryl methyl sites for hydroxylation is 1. The smallest absolute Gasteiger partial charge is 0.417 e. The summed E-state index contributed by atoms with van der Waals surface area (Å²) in [5.74, 6) is 0. The van der Waals surface area contributed by atoms with Crippen LogP contribution in [-0.2, 0) is 20.2 Å². The minimum Gasteiger partial charge on any atom is -0.417 e. The Balaban J connectivity index is 1.93. The van der Waals surface area contributed by atoms with Crippen LogP contribution in [0.2, 0.25) is 18.1 Å². The molecule has 0 unspecified atom stereocenters. The summed E-state index contributed by atoms with van der Waals surface area (Å²) in [4.78, 5) is 0. The molecule has 1 aromatic carbocycles. The molecule has 0 atom stereocenters. The van der Waals surface area contributed by atoms with Gasteiger partial charge in [0.05, 0.1) is 11.2 Å².